The van der Waals surface area contributed by atoms with E-state index in [9.17, 15) is 9.59 Å². The van der Waals surface area contributed by atoms with Crippen LogP contribution in [0.2, 0.25) is 0 Å². The molecule has 1 aliphatic heterocycles. The van der Waals surface area contributed by atoms with E-state index in [1.54, 1.807) is 0 Å². The van der Waals surface area contributed by atoms with Crippen LogP contribution in [0.3, 0.4) is 0 Å². The van der Waals surface area contributed by atoms with Crippen molar-refractivity contribution >= 4 is 11.8 Å². The van der Waals surface area contributed by atoms with E-state index in [-0.39, 0.29) is 23.7 Å². The van der Waals surface area contributed by atoms with Gasteiger partial charge in [0.05, 0.1) is 0 Å². The fraction of sp³-hybridized carbons (Fsp3) is 0.895. The highest BCUT2D eigenvalue weighted by atomic mass is 16.2. The molecule has 24 heavy (non-hydrogen) atoms. The number of carbonyl (C=O) groups is 2. The number of rotatable bonds is 7. The van der Waals surface area contributed by atoms with E-state index >= 15 is 0 Å². The summed E-state index contributed by atoms with van der Waals surface area (Å²) < 4.78 is 0. The summed E-state index contributed by atoms with van der Waals surface area (Å²) in [5.74, 6) is -0.363. The van der Waals surface area contributed by atoms with Crippen LogP contribution >= 0.6 is 0 Å². The second kappa shape index (κ2) is 8.84. The van der Waals surface area contributed by atoms with Gasteiger partial charge in [-0.15, -0.1) is 0 Å². The SMILES string of the molecule is CCCC(C(N)=O)C(CC(C)C)C(=O)N1CCNC2CCCCC21. The Morgan fingerprint density at radius 3 is 2.54 bits per heavy atom. The highest BCUT2D eigenvalue weighted by Crippen LogP contribution is 2.31. The molecule has 2 fully saturated rings. The van der Waals surface area contributed by atoms with Crippen LogP contribution in [0.1, 0.15) is 65.7 Å². The van der Waals surface area contributed by atoms with Gasteiger partial charge in [0, 0.05) is 37.0 Å². The number of hydrogen-bond acceptors (Lipinski definition) is 3. The molecule has 0 bridgehead atoms. The molecule has 2 rings (SSSR count). The van der Waals surface area contributed by atoms with E-state index in [0.29, 0.717) is 24.4 Å². The van der Waals surface area contributed by atoms with Crippen LogP contribution in [-0.2, 0) is 9.59 Å². The Morgan fingerprint density at radius 2 is 1.92 bits per heavy atom. The van der Waals surface area contributed by atoms with Crippen molar-refractivity contribution in [3.8, 4) is 0 Å². The Balaban J connectivity index is 2.20. The van der Waals surface area contributed by atoms with E-state index in [1.165, 1.54) is 12.8 Å². The molecule has 138 valence electrons. The van der Waals surface area contributed by atoms with Gasteiger partial charge in [-0.25, -0.2) is 0 Å². The molecule has 1 saturated carbocycles. The monoisotopic (exact) mass is 337 g/mol. The molecule has 0 radical (unpaired) electrons. The molecule has 1 heterocycles. The van der Waals surface area contributed by atoms with E-state index in [1.807, 2.05) is 0 Å². The largest absolute Gasteiger partial charge is 0.369 e. The fourth-order valence-electron chi connectivity index (χ4n) is 4.54. The van der Waals surface area contributed by atoms with Gasteiger partial charge in [-0.05, 0) is 31.6 Å². The zero-order valence-electron chi connectivity index (χ0n) is 15.6. The third-order valence-electron chi connectivity index (χ3n) is 5.67. The van der Waals surface area contributed by atoms with Crippen LogP contribution in [-0.4, -0.2) is 41.9 Å². The number of primary amides is 1. The van der Waals surface area contributed by atoms with Gasteiger partial charge < -0.3 is 16.0 Å². The van der Waals surface area contributed by atoms with E-state index < -0.39 is 0 Å². The first-order valence-corrected chi connectivity index (χ1v) is 9.78. The normalized spacial score (nSPS) is 26.8. The lowest BCUT2D eigenvalue weighted by atomic mass is 9.79. The van der Waals surface area contributed by atoms with Gasteiger partial charge in [0.25, 0.3) is 0 Å². The molecule has 1 aliphatic carbocycles. The summed E-state index contributed by atoms with van der Waals surface area (Å²) in [5.41, 5.74) is 5.68. The highest BCUT2D eigenvalue weighted by Gasteiger charge is 2.41. The number of nitrogens with two attached hydrogens (primary N) is 1. The zero-order chi connectivity index (χ0) is 17.7. The van der Waals surface area contributed by atoms with Crippen molar-refractivity contribution in [2.45, 2.75) is 77.8 Å². The zero-order valence-corrected chi connectivity index (χ0v) is 15.6. The molecule has 2 amide bonds. The van der Waals surface area contributed by atoms with Crippen LogP contribution < -0.4 is 11.1 Å². The quantitative estimate of drug-likeness (QED) is 0.748. The highest BCUT2D eigenvalue weighted by molar-refractivity contribution is 5.87. The Kier molecular flexibility index (Phi) is 7.08. The summed E-state index contributed by atoms with van der Waals surface area (Å²) in [4.78, 5) is 27.5. The lowest BCUT2D eigenvalue weighted by Gasteiger charge is -2.46. The van der Waals surface area contributed by atoms with E-state index in [4.69, 9.17) is 5.73 Å². The molecule has 5 heteroatoms. The summed E-state index contributed by atoms with van der Waals surface area (Å²) in [7, 11) is 0. The average molecular weight is 338 g/mol. The standard InChI is InChI=1S/C19H35N3O2/c1-4-7-14(18(20)23)15(12-13(2)3)19(24)22-11-10-21-16-8-5-6-9-17(16)22/h13-17,21H,4-12H2,1-3H3,(H2,20,23). The van der Waals surface area contributed by atoms with Crippen molar-refractivity contribution in [1.29, 1.82) is 0 Å². The minimum Gasteiger partial charge on any atom is -0.369 e. The first-order chi connectivity index (χ1) is 11.5. The summed E-state index contributed by atoms with van der Waals surface area (Å²) in [6.45, 7) is 7.90. The predicted molar refractivity (Wildman–Crippen MR) is 96.3 cm³/mol. The topological polar surface area (TPSA) is 75.4 Å². The summed E-state index contributed by atoms with van der Waals surface area (Å²) in [6.07, 6.45) is 6.99. The van der Waals surface area contributed by atoms with Gasteiger partial charge in [0.2, 0.25) is 11.8 Å². The number of piperazine rings is 1. The maximum atomic E-state index is 13.4. The molecular formula is C19H35N3O2. The minimum atomic E-state index is -0.332. The van der Waals surface area contributed by atoms with Crippen molar-refractivity contribution in [2.75, 3.05) is 13.1 Å². The third kappa shape index (κ3) is 4.50. The Bertz CT molecular complexity index is 436. The maximum Gasteiger partial charge on any atom is 0.226 e. The molecule has 3 N–H and O–H groups in total. The lowest BCUT2D eigenvalue weighted by molar-refractivity contribution is -0.146. The van der Waals surface area contributed by atoms with Gasteiger partial charge in [-0.1, -0.05) is 40.0 Å². The van der Waals surface area contributed by atoms with Gasteiger partial charge in [0.1, 0.15) is 0 Å². The van der Waals surface area contributed by atoms with Gasteiger partial charge >= 0.3 is 0 Å². The van der Waals surface area contributed by atoms with E-state index in [0.717, 1.165) is 38.8 Å². The molecule has 1 saturated heterocycles. The minimum absolute atomic E-state index is 0.166. The number of fused-ring (bicyclic) bond motifs is 1. The third-order valence-corrected chi connectivity index (χ3v) is 5.67. The van der Waals surface area contributed by atoms with E-state index in [2.05, 4.69) is 31.0 Å². The molecule has 0 aromatic rings. The predicted octanol–water partition coefficient (Wildman–Crippen LogP) is 2.29. The molecule has 0 aromatic carbocycles. The number of hydrogen-bond donors (Lipinski definition) is 2. The summed E-state index contributed by atoms with van der Waals surface area (Å²) >= 11 is 0. The number of amides is 2. The van der Waals surface area contributed by atoms with Crippen LogP contribution in [0.4, 0.5) is 0 Å². The van der Waals surface area contributed by atoms with Crippen molar-refractivity contribution in [3.63, 3.8) is 0 Å². The Morgan fingerprint density at radius 1 is 1.21 bits per heavy atom. The molecule has 4 unspecified atom stereocenters. The molecule has 0 aromatic heterocycles. The molecule has 5 nitrogen and oxygen atoms in total. The number of nitrogens with one attached hydrogen (secondary N) is 1. The van der Waals surface area contributed by atoms with Crippen LogP contribution in [0.25, 0.3) is 0 Å². The molecular weight excluding hydrogens is 302 g/mol. The van der Waals surface area contributed by atoms with Gasteiger partial charge in [0.15, 0.2) is 0 Å². The average Bonchev–Trinajstić information content (AvgIpc) is 2.56. The van der Waals surface area contributed by atoms with Crippen LogP contribution in [0.15, 0.2) is 0 Å². The number of carbonyl (C=O) groups excluding carboxylic acids is 2. The molecule has 4 atom stereocenters. The Hall–Kier alpha value is -1.10. The maximum absolute atomic E-state index is 13.4. The van der Waals surface area contributed by atoms with Crippen molar-refractivity contribution in [3.05, 3.63) is 0 Å². The summed E-state index contributed by atoms with van der Waals surface area (Å²) in [6, 6.07) is 0.721. The second-order valence-corrected chi connectivity index (χ2v) is 7.98. The van der Waals surface area contributed by atoms with Crippen LogP contribution in [0.5, 0.6) is 0 Å². The molecule has 0 spiro atoms. The Labute approximate surface area is 146 Å². The molecule has 2 aliphatic rings. The van der Waals surface area contributed by atoms with Gasteiger partial charge in [-0.3, -0.25) is 9.59 Å². The lowest BCUT2D eigenvalue weighted by Crippen LogP contribution is -2.62. The smallest absolute Gasteiger partial charge is 0.226 e. The first kappa shape index (κ1) is 19.2. The first-order valence-electron chi connectivity index (χ1n) is 9.78. The van der Waals surface area contributed by atoms with Crippen molar-refractivity contribution < 1.29 is 9.59 Å². The van der Waals surface area contributed by atoms with Crippen molar-refractivity contribution in [1.82, 2.24) is 10.2 Å². The summed E-state index contributed by atoms with van der Waals surface area (Å²) in [5, 5.41) is 3.58. The second-order valence-electron chi connectivity index (χ2n) is 7.98. The number of nitrogens with zero attached hydrogens (tertiary/aromatic N) is 1. The fourth-order valence-corrected chi connectivity index (χ4v) is 4.54. The van der Waals surface area contributed by atoms with Crippen molar-refractivity contribution in [2.24, 2.45) is 23.5 Å². The van der Waals surface area contributed by atoms with Gasteiger partial charge in [-0.2, -0.15) is 0 Å². The van der Waals surface area contributed by atoms with Crippen LogP contribution in [0, 0.1) is 17.8 Å².